The van der Waals surface area contributed by atoms with Gasteiger partial charge in [-0.25, -0.2) is 0 Å². The molecule has 0 amide bonds. The Balaban J connectivity index is 1.42. The van der Waals surface area contributed by atoms with Gasteiger partial charge in [0, 0.05) is 31.4 Å². The summed E-state index contributed by atoms with van der Waals surface area (Å²) in [5, 5.41) is 8.03. The molecule has 2 aromatic heterocycles. The molecule has 2 aliphatic rings. The molecule has 3 atom stereocenters. The van der Waals surface area contributed by atoms with Gasteiger partial charge in [-0.1, -0.05) is 6.07 Å². The van der Waals surface area contributed by atoms with Crippen LogP contribution in [0.4, 0.5) is 0 Å². The first-order chi connectivity index (χ1) is 12.3. The van der Waals surface area contributed by atoms with Crippen molar-refractivity contribution in [2.45, 2.75) is 38.3 Å². The highest BCUT2D eigenvalue weighted by Crippen LogP contribution is 2.25. The van der Waals surface area contributed by atoms with Crippen LogP contribution in [-0.2, 0) is 22.6 Å². The number of morpholine rings is 1. The molecule has 4 rings (SSSR count). The lowest BCUT2D eigenvalue weighted by Gasteiger charge is -2.32. The molecule has 25 heavy (non-hydrogen) atoms. The second-order valence-electron chi connectivity index (χ2n) is 6.80. The van der Waals surface area contributed by atoms with Crippen molar-refractivity contribution in [3.8, 4) is 0 Å². The molecule has 6 heteroatoms. The van der Waals surface area contributed by atoms with Crippen LogP contribution in [0.1, 0.15) is 17.0 Å². The molecule has 1 N–H and O–H groups in total. The Labute approximate surface area is 153 Å². The van der Waals surface area contributed by atoms with Gasteiger partial charge < -0.3 is 14.8 Å². The van der Waals surface area contributed by atoms with Crippen molar-refractivity contribution >= 4 is 11.3 Å². The summed E-state index contributed by atoms with van der Waals surface area (Å²) >= 11 is 1.74. The summed E-state index contributed by atoms with van der Waals surface area (Å²) in [6, 6.07) is 8.91. The Morgan fingerprint density at radius 2 is 2.36 bits per heavy atom. The average molecular weight is 359 g/mol. The molecule has 0 radical (unpaired) electrons. The first kappa shape index (κ1) is 17.1. The first-order valence-corrected chi connectivity index (χ1v) is 9.84. The third-order valence-electron chi connectivity index (χ3n) is 5.01. The van der Waals surface area contributed by atoms with Gasteiger partial charge in [0.2, 0.25) is 0 Å². The maximum Gasteiger partial charge on any atom is 0.0923 e. The summed E-state index contributed by atoms with van der Waals surface area (Å²) in [4.78, 5) is 7.06. The molecule has 0 saturated carbocycles. The van der Waals surface area contributed by atoms with Crippen LogP contribution in [0.15, 0.2) is 35.0 Å². The molecule has 2 fully saturated rings. The third kappa shape index (κ3) is 4.10. The number of pyridine rings is 1. The highest BCUT2D eigenvalue weighted by molar-refractivity contribution is 7.07. The summed E-state index contributed by atoms with van der Waals surface area (Å²) in [7, 11) is 0. The number of fused-ring (bicyclic) bond motifs is 1. The Morgan fingerprint density at radius 3 is 3.20 bits per heavy atom. The van der Waals surface area contributed by atoms with Crippen LogP contribution in [0.2, 0.25) is 0 Å². The van der Waals surface area contributed by atoms with Crippen LogP contribution in [0, 0.1) is 6.92 Å². The molecule has 0 aliphatic carbocycles. The SMILES string of the molecule is Cc1cccc(COC2C(NCc3ccsc3)CN3CCOCC23)n1. The zero-order chi connectivity index (χ0) is 17.1. The summed E-state index contributed by atoms with van der Waals surface area (Å²) in [5.74, 6) is 0. The van der Waals surface area contributed by atoms with E-state index in [1.807, 2.05) is 25.1 Å². The van der Waals surface area contributed by atoms with E-state index in [1.165, 1.54) is 5.56 Å². The monoisotopic (exact) mass is 359 g/mol. The minimum Gasteiger partial charge on any atom is -0.378 e. The van der Waals surface area contributed by atoms with Gasteiger partial charge in [-0.05, 0) is 41.4 Å². The zero-order valence-corrected chi connectivity index (χ0v) is 15.4. The van der Waals surface area contributed by atoms with Crippen molar-refractivity contribution in [3.05, 3.63) is 52.0 Å². The predicted octanol–water partition coefficient (Wildman–Crippen LogP) is 2.21. The van der Waals surface area contributed by atoms with Gasteiger partial charge >= 0.3 is 0 Å². The number of ether oxygens (including phenoxy) is 2. The van der Waals surface area contributed by atoms with Gasteiger partial charge in [0.15, 0.2) is 0 Å². The lowest BCUT2D eigenvalue weighted by molar-refractivity contribution is -0.0542. The highest BCUT2D eigenvalue weighted by Gasteiger charge is 2.43. The number of nitrogens with zero attached hydrogens (tertiary/aromatic N) is 2. The van der Waals surface area contributed by atoms with Gasteiger partial charge in [0.25, 0.3) is 0 Å². The van der Waals surface area contributed by atoms with E-state index in [1.54, 1.807) is 11.3 Å². The Kier molecular flexibility index (Phi) is 5.43. The van der Waals surface area contributed by atoms with E-state index in [4.69, 9.17) is 9.47 Å². The summed E-state index contributed by atoms with van der Waals surface area (Å²) in [6.07, 6.45) is 0.126. The second kappa shape index (κ2) is 7.93. The molecular formula is C19H25N3O2S. The minimum absolute atomic E-state index is 0.126. The van der Waals surface area contributed by atoms with E-state index in [0.717, 1.165) is 44.2 Å². The van der Waals surface area contributed by atoms with Gasteiger partial charge in [-0.3, -0.25) is 9.88 Å². The van der Waals surface area contributed by atoms with Crippen LogP contribution in [-0.4, -0.2) is 54.4 Å². The molecule has 4 heterocycles. The van der Waals surface area contributed by atoms with Crippen LogP contribution < -0.4 is 5.32 Å². The standard InChI is InChI=1S/C19H25N3O2S/c1-14-3-2-4-16(21-14)11-24-19-17(20-9-15-5-8-25-13-15)10-22-6-7-23-12-18(19)22/h2-5,8,13,17-20H,6-7,9-12H2,1H3. The van der Waals surface area contributed by atoms with E-state index < -0.39 is 0 Å². The van der Waals surface area contributed by atoms with Crippen LogP contribution >= 0.6 is 11.3 Å². The third-order valence-corrected chi connectivity index (χ3v) is 5.74. The summed E-state index contributed by atoms with van der Waals surface area (Å²) < 4.78 is 12.1. The first-order valence-electron chi connectivity index (χ1n) is 8.90. The molecule has 0 aromatic carbocycles. The molecule has 134 valence electrons. The highest BCUT2D eigenvalue weighted by atomic mass is 32.1. The summed E-state index contributed by atoms with van der Waals surface area (Å²) in [6.45, 7) is 7.03. The molecule has 0 bridgehead atoms. The van der Waals surface area contributed by atoms with Gasteiger partial charge in [0.05, 0.1) is 37.7 Å². The van der Waals surface area contributed by atoms with Gasteiger partial charge in [0.1, 0.15) is 0 Å². The number of hydrogen-bond donors (Lipinski definition) is 1. The van der Waals surface area contributed by atoms with Crippen molar-refractivity contribution in [1.29, 1.82) is 0 Å². The number of hydrogen-bond acceptors (Lipinski definition) is 6. The predicted molar refractivity (Wildman–Crippen MR) is 98.7 cm³/mol. The summed E-state index contributed by atoms with van der Waals surface area (Å²) in [5.41, 5.74) is 3.36. The van der Waals surface area contributed by atoms with E-state index >= 15 is 0 Å². The Hall–Kier alpha value is -1.31. The zero-order valence-electron chi connectivity index (χ0n) is 14.6. The maximum atomic E-state index is 6.35. The van der Waals surface area contributed by atoms with Crippen molar-refractivity contribution in [3.63, 3.8) is 0 Å². The fraction of sp³-hybridized carbons (Fsp3) is 0.526. The minimum atomic E-state index is 0.126. The number of aryl methyl sites for hydroxylation is 1. The maximum absolute atomic E-state index is 6.35. The van der Waals surface area contributed by atoms with E-state index in [0.29, 0.717) is 18.7 Å². The molecule has 0 spiro atoms. The molecule has 2 saturated heterocycles. The van der Waals surface area contributed by atoms with Gasteiger partial charge in [-0.2, -0.15) is 11.3 Å². The van der Waals surface area contributed by atoms with Crippen molar-refractivity contribution < 1.29 is 9.47 Å². The topological polar surface area (TPSA) is 46.6 Å². The number of rotatable bonds is 6. The largest absolute Gasteiger partial charge is 0.378 e. The number of thiophene rings is 1. The molecule has 5 nitrogen and oxygen atoms in total. The van der Waals surface area contributed by atoms with Crippen molar-refractivity contribution in [1.82, 2.24) is 15.2 Å². The van der Waals surface area contributed by atoms with Crippen LogP contribution in [0.5, 0.6) is 0 Å². The molecule has 3 unspecified atom stereocenters. The van der Waals surface area contributed by atoms with E-state index in [9.17, 15) is 0 Å². The smallest absolute Gasteiger partial charge is 0.0923 e. The average Bonchev–Trinajstić information content (AvgIpc) is 3.26. The fourth-order valence-corrected chi connectivity index (χ4v) is 4.39. The number of aromatic nitrogens is 1. The van der Waals surface area contributed by atoms with Crippen LogP contribution in [0.25, 0.3) is 0 Å². The molecular weight excluding hydrogens is 334 g/mol. The molecule has 2 aliphatic heterocycles. The molecule has 2 aromatic rings. The normalized spacial score (nSPS) is 26.7. The van der Waals surface area contributed by atoms with Crippen LogP contribution in [0.3, 0.4) is 0 Å². The van der Waals surface area contributed by atoms with E-state index in [-0.39, 0.29) is 6.10 Å². The second-order valence-corrected chi connectivity index (χ2v) is 7.58. The Bertz CT molecular complexity index is 679. The fourth-order valence-electron chi connectivity index (χ4n) is 3.72. The quantitative estimate of drug-likeness (QED) is 0.857. The Morgan fingerprint density at radius 1 is 1.40 bits per heavy atom. The van der Waals surface area contributed by atoms with Gasteiger partial charge in [-0.15, -0.1) is 0 Å². The van der Waals surface area contributed by atoms with Crippen molar-refractivity contribution in [2.75, 3.05) is 26.3 Å². The number of nitrogens with one attached hydrogen (secondary N) is 1. The lowest BCUT2D eigenvalue weighted by atomic mass is 10.1. The lowest BCUT2D eigenvalue weighted by Crippen LogP contribution is -2.47. The van der Waals surface area contributed by atoms with Crippen molar-refractivity contribution in [2.24, 2.45) is 0 Å². The van der Waals surface area contributed by atoms with E-state index in [2.05, 4.69) is 32.0 Å².